The Kier molecular flexibility index (Phi) is 5.16. The number of Topliss-reactive ketones (excluding diaryl/α,β-unsaturated/α-hetero) is 1. The summed E-state index contributed by atoms with van der Waals surface area (Å²) in [4.78, 5) is 15.3. The van der Waals surface area contributed by atoms with Crippen molar-refractivity contribution in [1.82, 2.24) is 0 Å². The van der Waals surface area contributed by atoms with Crippen molar-refractivity contribution in [2.45, 2.75) is 18.9 Å². The molecular weight excluding hydrogens is 348 g/mol. The van der Waals surface area contributed by atoms with Gasteiger partial charge in [0.2, 0.25) is 0 Å². The van der Waals surface area contributed by atoms with E-state index in [-0.39, 0.29) is 5.78 Å². The zero-order valence-electron chi connectivity index (χ0n) is 11.7. The quantitative estimate of drug-likeness (QED) is 0.615. The number of nitrogens with one attached hydrogen (secondary N) is 1. The number of benzene rings is 1. The second kappa shape index (κ2) is 6.88. The highest BCUT2D eigenvalue weighted by molar-refractivity contribution is 9.10. The maximum Gasteiger partial charge on any atom is 0.257 e. The van der Waals surface area contributed by atoms with Crippen molar-refractivity contribution in [3.8, 4) is 6.07 Å². The van der Waals surface area contributed by atoms with E-state index in [1.165, 1.54) is 11.8 Å². The van der Waals surface area contributed by atoms with Crippen LogP contribution in [-0.4, -0.2) is 11.5 Å². The lowest BCUT2D eigenvalue weighted by molar-refractivity contribution is -0.435. The van der Waals surface area contributed by atoms with Gasteiger partial charge in [0.05, 0.1) is 5.75 Å². The minimum atomic E-state index is 0.0453. The first kappa shape index (κ1) is 15.7. The van der Waals surface area contributed by atoms with Gasteiger partial charge >= 0.3 is 0 Å². The molecule has 0 fully saturated rings. The van der Waals surface area contributed by atoms with E-state index in [1.54, 1.807) is 12.1 Å². The van der Waals surface area contributed by atoms with Gasteiger partial charge in [-0.2, -0.15) is 5.26 Å². The number of thioether (sulfide) groups is 1. The molecule has 1 heterocycles. The van der Waals surface area contributed by atoms with Crippen molar-refractivity contribution in [1.29, 1.82) is 5.26 Å². The van der Waals surface area contributed by atoms with Crippen LogP contribution >= 0.6 is 27.7 Å². The topological polar surface area (TPSA) is 55.0 Å². The largest absolute Gasteiger partial charge is 0.293 e. The Hall–Kier alpha value is -1.64. The van der Waals surface area contributed by atoms with Crippen molar-refractivity contribution in [3.63, 3.8) is 0 Å². The third-order valence-corrected chi connectivity index (χ3v) is 4.52. The highest BCUT2D eigenvalue weighted by atomic mass is 79.9. The van der Waals surface area contributed by atoms with Crippen LogP contribution in [0.15, 0.2) is 39.8 Å². The lowest BCUT2D eigenvalue weighted by Gasteiger charge is -2.02. The number of nitriles is 1. The summed E-state index contributed by atoms with van der Waals surface area (Å²) in [6, 6.07) is 11.4. The van der Waals surface area contributed by atoms with Crippen LogP contribution in [0.3, 0.4) is 0 Å². The Morgan fingerprint density at radius 2 is 2.00 bits per heavy atom. The standard InChI is InChI=1S/C16H13BrN2OS/c1-10-7-11(2)19-16(14(10)8-18)21-9-15(20)12-3-5-13(17)6-4-12/h3-7H,9H2,1-2H3/p+1. The number of halogens is 1. The van der Waals surface area contributed by atoms with Gasteiger partial charge in [0.1, 0.15) is 11.6 Å². The smallest absolute Gasteiger partial charge is 0.257 e. The van der Waals surface area contributed by atoms with Gasteiger partial charge in [0.25, 0.3) is 5.03 Å². The number of hydrogen-bond donors (Lipinski definition) is 0. The highest BCUT2D eigenvalue weighted by Gasteiger charge is 2.17. The van der Waals surface area contributed by atoms with Crippen LogP contribution in [0.25, 0.3) is 0 Å². The van der Waals surface area contributed by atoms with Crippen molar-refractivity contribution >= 4 is 33.5 Å². The highest BCUT2D eigenvalue weighted by Crippen LogP contribution is 2.22. The van der Waals surface area contributed by atoms with Gasteiger partial charge in [0, 0.05) is 23.0 Å². The van der Waals surface area contributed by atoms with Gasteiger partial charge in [-0.25, -0.2) is 4.98 Å². The van der Waals surface area contributed by atoms with Crippen molar-refractivity contribution < 1.29 is 9.78 Å². The molecule has 1 aromatic heterocycles. The van der Waals surface area contributed by atoms with E-state index in [1.807, 2.05) is 32.0 Å². The summed E-state index contributed by atoms with van der Waals surface area (Å²) in [5.41, 5.74) is 3.18. The molecule has 0 saturated carbocycles. The molecule has 5 heteroatoms. The Bertz CT molecular complexity index is 720. The summed E-state index contributed by atoms with van der Waals surface area (Å²) in [5, 5.41) is 9.98. The number of pyridine rings is 1. The van der Waals surface area contributed by atoms with E-state index < -0.39 is 0 Å². The fraction of sp³-hybridized carbons (Fsp3) is 0.188. The molecule has 0 aliphatic heterocycles. The van der Waals surface area contributed by atoms with E-state index in [2.05, 4.69) is 27.0 Å². The van der Waals surface area contributed by atoms with Crippen molar-refractivity contribution in [2.24, 2.45) is 0 Å². The number of aryl methyl sites for hydroxylation is 2. The second-order valence-corrected chi connectivity index (χ2v) is 6.57. The van der Waals surface area contributed by atoms with Crippen LogP contribution in [0.5, 0.6) is 0 Å². The molecule has 0 atom stereocenters. The van der Waals surface area contributed by atoms with Gasteiger partial charge in [-0.1, -0.05) is 28.1 Å². The lowest BCUT2D eigenvalue weighted by Crippen LogP contribution is -2.15. The first-order valence-corrected chi connectivity index (χ1v) is 8.14. The molecular formula is C16H14BrN2OS+. The Morgan fingerprint density at radius 3 is 2.62 bits per heavy atom. The molecule has 1 aromatic carbocycles. The molecule has 0 amide bonds. The van der Waals surface area contributed by atoms with Gasteiger partial charge in [-0.05, 0) is 36.4 Å². The number of H-pyrrole nitrogens is 1. The zero-order chi connectivity index (χ0) is 15.4. The Morgan fingerprint density at radius 1 is 1.33 bits per heavy atom. The van der Waals surface area contributed by atoms with Gasteiger partial charge in [-0.15, -0.1) is 0 Å². The predicted octanol–water partition coefficient (Wildman–Crippen LogP) is 3.73. The fourth-order valence-electron chi connectivity index (χ4n) is 1.96. The summed E-state index contributed by atoms with van der Waals surface area (Å²) in [6.45, 7) is 3.84. The van der Waals surface area contributed by atoms with Crippen LogP contribution in [0.4, 0.5) is 0 Å². The van der Waals surface area contributed by atoms with Gasteiger partial charge in [0.15, 0.2) is 11.5 Å². The van der Waals surface area contributed by atoms with E-state index in [9.17, 15) is 10.1 Å². The second-order valence-electron chi connectivity index (χ2n) is 4.67. The molecule has 106 valence electrons. The predicted molar refractivity (Wildman–Crippen MR) is 86.4 cm³/mol. The molecule has 2 aromatic rings. The summed E-state index contributed by atoms with van der Waals surface area (Å²) >= 11 is 4.72. The van der Waals surface area contributed by atoms with Crippen LogP contribution in [-0.2, 0) is 0 Å². The molecule has 0 spiro atoms. The summed E-state index contributed by atoms with van der Waals surface area (Å²) in [6.07, 6.45) is 0. The van der Waals surface area contributed by atoms with E-state index in [4.69, 9.17) is 0 Å². The molecule has 0 unspecified atom stereocenters. The average Bonchev–Trinajstić information content (AvgIpc) is 2.45. The van der Waals surface area contributed by atoms with Crippen LogP contribution in [0.2, 0.25) is 0 Å². The Labute approximate surface area is 136 Å². The zero-order valence-corrected chi connectivity index (χ0v) is 14.1. The normalized spacial score (nSPS) is 10.2. The first-order valence-electron chi connectivity index (χ1n) is 6.36. The molecule has 0 saturated heterocycles. The molecule has 0 bridgehead atoms. The molecule has 2 rings (SSSR count). The monoisotopic (exact) mass is 361 g/mol. The van der Waals surface area contributed by atoms with Crippen molar-refractivity contribution in [2.75, 3.05) is 5.75 Å². The Balaban J connectivity index is 2.15. The number of carbonyl (C=O) groups excluding carboxylic acids is 1. The number of ketones is 1. The number of aromatic amines is 1. The minimum absolute atomic E-state index is 0.0453. The van der Waals surface area contributed by atoms with E-state index in [0.717, 1.165) is 20.8 Å². The lowest BCUT2D eigenvalue weighted by atomic mass is 10.1. The van der Waals surface area contributed by atoms with Crippen LogP contribution in [0.1, 0.15) is 27.2 Å². The summed E-state index contributed by atoms with van der Waals surface area (Å²) < 4.78 is 0.945. The molecule has 21 heavy (non-hydrogen) atoms. The molecule has 0 aliphatic rings. The number of aromatic nitrogens is 1. The molecule has 0 radical (unpaired) electrons. The number of hydrogen-bond acceptors (Lipinski definition) is 3. The molecule has 0 aliphatic carbocycles. The maximum atomic E-state index is 12.2. The number of carbonyl (C=O) groups is 1. The third-order valence-electron chi connectivity index (χ3n) is 2.99. The molecule has 3 nitrogen and oxygen atoms in total. The number of rotatable bonds is 4. The first-order chi connectivity index (χ1) is 10.0. The average molecular weight is 362 g/mol. The number of nitrogens with zero attached hydrogens (tertiary/aromatic N) is 1. The van der Waals surface area contributed by atoms with E-state index >= 15 is 0 Å². The third kappa shape index (κ3) is 3.93. The van der Waals surface area contributed by atoms with Gasteiger partial charge in [-0.3, -0.25) is 4.79 Å². The summed E-state index contributed by atoms with van der Waals surface area (Å²) in [5.74, 6) is 0.347. The molecule has 1 N–H and O–H groups in total. The summed E-state index contributed by atoms with van der Waals surface area (Å²) in [7, 11) is 0. The van der Waals surface area contributed by atoms with Crippen molar-refractivity contribution in [3.05, 3.63) is 57.2 Å². The minimum Gasteiger partial charge on any atom is -0.293 e. The van der Waals surface area contributed by atoms with Crippen LogP contribution < -0.4 is 4.98 Å². The SMILES string of the molecule is Cc1cc(C)c(C#N)c(SCC(=O)c2ccc(Br)cc2)[nH+]1. The van der Waals surface area contributed by atoms with Gasteiger partial charge < -0.3 is 0 Å². The van der Waals surface area contributed by atoms with E-state index in [0.29, 0.717) is 16.9 Å². The van der Waals surface area contributed by atoms with Crippen LogP contribution in [0, 0.1) is 25.2 Å². The maximum absolute atomic E-state index is 12.2. The fourth-order valence-corrected chi connectivity index (χ4v) is 3.25.